The Kier molecular flexibility index (Phi) is 2.51. The van der Waals surface area contributed by atoms with Crippen molar-refractivity contribution in [1.82, 2.24) is 0 Å². The minimum absolute atomic E-state index is 0.679. The van der Waals surface area contributed by atoms with E-state index in [1.807, 2.05) is 18.2 Å². The average molecular weight is 201 g/mol. The predicted octanol–water partition coefficient (Wildman–Crippen LogP) is 3.00. The molecule has 70 valence electrons. The van der Waals surface area contributed by atoms with Crippen molar-refractivity contribution in [3.8, 4) is 0 Å². The molecule has 1 aromatic carbocycles. The summed E-state index contributed by atoms with van der Waals surface area (Å²) in [7, 11) is 0.679. The summed E-state index contributed by atoms with van der Waals surface area (Å²) in [6.45, 7) is 7.61. The standard InChI is InChI=1S/C12H12NP/c1-3-9-11(4-2)14-12-8-6-5-7-10(12)13-9/h3-8,13-14H,1-2H2. The highest BCUT2D eigenvalue weighted by Gasteiger charge is 2.12. The quantitative estimate of drug-likeness (QED) is 0.725. The fourth-order valence-electron chi connectivity index (χ4n) is 1.45. The summed E-state index contributed by atoms with van der Waals surface area (Å²) in [6.07, 6.45) is 3.75. The van der Waals surface area contributed by atoms with Crippen LogP contribution in [0, 0.1) is 0 Å². The zero-order valence-corrected chi connectivity index (χ0v) is 8.88. The number of nitrogens with one attached hydrogen (secondary N) is 1. The van der Waals surface area contributed by atoms with Gasteiger partial charge in [-0.2, -0.15) is 0 Å². The molecule has 1 aliphatic heterocycles. The Morgan fingerprint density at radius 1 is 1.14 bits per heavy atom. The van der Waals surface area contributed by atoms with Crippen LogP contribution < -0.4 is 10.6 Å². The van der Waals surface area contributed by atoms with Crippen LogP contribution in [0.4, 0.5) is 5.69 Å². The lowest BCUT2D eigenvalue weighted by molar-refractivity contribution is 1.47. The monoisotopic (exact) mass is 201 g/mol. The van der Waals surface area contributed by atoms with Crippen molar-refractivity contribution in [2.24, 2.45) is 0 Å². The van der Waals surface area contributed by atoms with Crippen LogP contribution in [0.3, 0.4) is 0 Å². The van der Waals surface area contributed by atoms with Crippen LogP contribution >= 0.6 is 8.58 Å². The van der Waals surface area contributed by atoms with Gasteiger partial charge in [-0.25, -0.2) is 0 Å². The third-order valence-corrected chi connectivity index (χ3v) is 3.61. The molecule has 1 aromatic rings. The molecule has 0 fully saturated rings. The summed E-state index contributed by atoms with van der Waals surface area (Å²) < 4.78 is 0. The summed E-state index contributed by atoms with van der Waals surface area (Å²) in [5.74, 6) is 0. The van der Waals surface area contributed by atoms with E-state index in [9.17, 15) is 0 Å². The van der Waals surface area contributed by atoms with E-state index in [0.717, 1.165) is 5.70 Å². The Labute approximate surface area is 86.0 Å². The number of hydrogen-bond donors (Lipinski definition) is 1. The number of allylic oxidation sites excluding steroid dienone is 3. The van der Waals surface area contributed by atoms with Crippen LogP contribution in [0.5, 0.6) is 0 Å². The number of rotatable bonds is 2. The lowest BCUT2D eigenvalue weighted by Crippen LogP contribution is -2.12. The Balaban J connectivity index is 2.45. The van der Waals surface area contributed by atoms with Crippen molar-refractivity contribution >= 4 is 19.6 Å². The highest BCUT2D eigenvalue weighted by Crippen LogP contribution is 2.34. The zero-order chi connectivity index (χ0) is 9.97. The van der Waals surface area contributed by atoms with Gasteiger partial charge in [0.1, 0.15) is 0 Å². The van der Waals surface area contributed by atoms with Gasteiger partial charge in [-0.15, -0.1) is 0 Å². The van der Waals surface area contributed by atoms with E-state index in [2.05, 4.69) is 36.7 Å². The number of benzene rings is 1. The van der Waals surface area contributed by atoms with Crippen LogP contribution in [0.15, 0.2) is 60.6 Å². The van der Waals surface area contributed by atoms with Crippen molar-refractivity contribution in [3.63, 3.8) is 0 Å². The Hall–Kier alpha value is -1.33. The van der Waals surface area contributed by atoms with Crippen molar-refractivity contribution < 1.29 is 0 Å². The second-order valence-corrected chi connectivity index (χ2v) is 4.36. The SMILES string of the molecule is C=CC1=C(C=C)Pc2ccccc2N1. The molecule has 0 aromatic heterocycles. The van der Waals surface area contributed by atoms with E-state index in [-0.39, 0.29) is 0 Å². The third-order valence-electron chi connectivity index (χ3n) is 2.16. The zero-order valence-electron chi connectivity index (χ0n) is 7.88. The summed E-state index contributed by atoms with van der Waals surface area (Å²) in [6, 6.07) is 8.33. The molecule has 1 atom stereocenters. The molecule has 0 saturated carbocycles. The highest BCUT2D eigenvalue weighted by atomic mass is 31.1. The van der Waals surface area contributed by atoms with E-state index in [1.54, 1.807) is 0 Å². The summed E-state index contributed by atoms with van der Waals surface area (Å²) >= 11 is 0. The maximum absolute atomic E-state index is 3.82. The molecule has 0 aliphatic carbocycles. The van der Waals surface area contributed by atoms with Gasteiger partial charge in [-0.1, -0.05) is 46.0 Å². The van der Waals surface area contributed by atoms with E-state index in [4.69, 9.17) is 0 Å². The molecule has 0 radical (unpaired) electrons. The van der Waals surface area contributed by atoms with Gasteiger partial charge in [0.25, 0.3) is 0 Å². The average Bonchev–Trinajstić information content (AvgIpc) is 2.27. The first-order chi connectivity index (χ1) is 6.85. The second-order valence-electron chi connectivity index (χ2n) is 3.03. The van der Waals surface area contributed by atoms with Crippen LogP contribution in [-0.2, 0) is 0 Å². The summed E-state index contributed by atoms with van der Waals surface area (Å²) in [4.78, 5) is 0. The minimum atomic E-state index is 0.679. The molecule has 1 heterocycles. The number of fused-ring (bicyclic) bond motifs is 1. The Morgan fingerprint density at radius 3 is 2.64 bits per heavy atom. The fraction of sp³-hybridized carbons (Fsp3) is 0. The molecule has 1 nitrogen and oxygen atoms in total. The van der Waals surface area contributed by atoms with Crippen molar-refractivity contribution in [3.05, 3.63) is 60.6 Å². The van der Waals surface area contributed by atoms with Crippen LogP contribution in [-0.4, -0.2) is 0 Å². The third kappa shape index (κ3) is 1.51. The van der Waals surface area contributed by atoms with Crippen LogP contribution in [0.1, 0.15) is 0 Å². The van der Waals surface area contributed by atoms with Gasteiger partial charge in [0.05, 0.1) is 0 Å². The van der Waals surface area contributed by atoms with E-state index < -0.39 is 0 Å². The van der Waals surface area contributed by atoms with Gasteiger partial charge in [-0.3, -0.25) is 0 Å². The predicted molar refractivity (Wildman–Crippen MR) is 65.4 cm³/mol. The molecule has 1 aliphatic rings. The van der Waals surface area contributed by atoms with E-state index in [1.165, 1.54) is 16.3 Å². The molecular formula is C12H12NP. The first-order valence-electron chi connectivity index (χ1n) is 4.47. The number of para-hydroxylation sites is 1. The molecule has 0 amide bonds. The minimum Gasteiger partial charge on any atom is -0.354 e. The first-order valence-corrected chi connectivity index (χ1v) is 5.47. The van der Waals surface area contributed by atoms with Gasteiger partial charge < -0.3 is 5.32 Å². The van der Waals surface area contributed by atoms with Gasteiger partial charge in [0.15, 0.2) is 0 Å². The maximum Gasteiger partial charge on any atom is 0.0463 e. The van der Waals surface area contributed by atoms with E-state index in [0.29, 0.717) is 8.58 Å². The van der Waals surface area contributed by atoms with Gasteiger partial charge in [0, 0.05) is 22.0 Å². The molecule has 0 saturated heterocycles. The smallest absolute Gasteiger partial charge is 0.0463 e. The Morgan fingerprint density at radius 2 is 1.93 bits per heavy atom. The van der Waals surface area contributed by atoms with Gasteiger partial charge in [-0.05, 0) is 12.1 Å². The van der Waals surface area contributed by atoms with Gasteiger partial charge in [0.2, 0.25) is 0 Å². The normalized spacial score (nSPS) is 16.0. The van der Waals surface area contributed by atoms with Crippen molar-refractivity contribution in [2.75, 3.05) is 5.32 Å². The van der Waals surface area contributed by atoms with Crippen LogP contribution in [0.25, 0.3) is 0 Å². The molecule has 0 bridgehead atoms. The second kappa shape index (κ2) is 3.81. The molecule has 2 rings (SSSR count). The van der Waals surface area contributed by atoms with Crippen LogP contribution in [0.2, 0.25) is 0 Å². The molecule has 1 N–H and O–H groups in total. The first kappa shape index (κ1) is 9.23. The Bertz CT molecular complexity index is 379. The lowest BCUT2D eigenvalue weighted by atomic mass is 10.3. The lowest BCUT2D eigenvalue weighted by Gasteiger charge is -2.21. The highest BCUT2D eigenvalue weighted by molar-refractivity contribution is 7.52. The van der Waals surface area contributed by atoms with Gasteiger partial charge >= 0.3 is 0 Å². The topological polar surface area (TPSA) is 12.0 Å². The van der Waals surface area contributed by atoms with Crippen molar-refractivity contribution in [2.45, 2.75) is 0 Å². The molecule has 14 heavy (non-hydrogen) atoms. The summed E-state index contributed by atoms with van der Waals surface area (Å²) in [5.41, 5.74) is 2.27. The molecule has 2 heteroatoms. The van der Waals surface area contributed by atoms with Crippen molar-refractivity contribution in [1.29, 1.82) is 0 Å². The molecule has 1 unspecified atom stereocenters. The number of anilines is 1. The molecular weight excluding hydrogens is 189 g/mol. The fourth-order valence-corrected chi connectivity index (χ4v) is 2.60. The number of hydrogen-bond acceptors (Lipinski definition) is 1. The largest absolute Gasteiger partial charge is 0.354 e. The molecule has 0 spiro atoms. The maximum atomic E-state index is 3.82. The van der Waals surface area contributed by atoms with E-state index >= 15 is 0 Å². The summed E-state index contributed by atoms with van der Waals surface area (Å²) in [5, 5.41) is 5.92.